The van der Waals surface area contributed by atoms with Crippen LogP contribution in [0.5, 0.6) is 0 Å². The Hall–Kier alpha value is -2.47. The number of aromatic nitrogens is 2. The summed E-state index contributed by atoms with van der Waals surface area (Å²) in [6.07, 6.45) is 4.53. The van der Waals surface area contributed by atoms with Crippen molar-refractivity contribution in [3.8, 4) is 11.1 Å². The molecule has 1 amide bonds. The van der Waals surface area contributed by atoms with E-state index in [2.05, 4.69) is 15.3 Å². The van der Waals surface area contributed by atoms with Gasteiger partial charge in [-0.3, -0.25) is 9.59 Å². The second-order valence-corrected chi connectivity index (χ2v) is 8.52. The van der Waals surface area contributed by atoms with E-state index in [0.29, 0.717) is 16.0 Å². The lowest BCUT2D eigenvalue weighted by atomic mass is 10.0. The Balaban J connectivity index is 1.65. The number of carbonyl (C=O) groups is 1. The fraction of sp³-hybridized carbons (Fsp3) is 0.381. The number of rotatable bonds is 4. The molecule has 0 atom stereocenters. The number of amides is 1. The monoisotopic (exact) mass is 381 g/mol. The van der Waals surface area contributed by atoms with Crippen molar-refractivity contribution in [3.05, 3.63) is 50.9 Å². The molecule has 0 aliphatic heterocycles. The largest absolute Gasteiger partial charge is 0.353 e. The molecule has 27 heavy (non-hydrogen) atoms. The summed E-state index contributed by atoms with van der Waals surface area (Å²) in [5.74, 6) is 0.358. The lowest BCUT2D eigenvalue weighted by Crippen LogP contribution is -2.34. The summed E-state index contributed by atoms with van der Waals surface area (Å²) in [4.78, 5) is 34.2. The van der Waals surface area contributed by atoms with Crippen LogP contribution in [0.3, 0.4) is 0 Å². The second kappa shape index (κ2) is 7.27. The molecule has 0 spiro atoms. The molecular weight excluding hydrogens is 358 g/mol. The number of hydrogen-bond acceptors (Lipinski definition) is 4. The van der Waals surface area contributed by atoms with E-state index in [1.54, 1.807) is 0 Å². The van der Waals surface area contributed by atoms with Crippen molar-refractivity contribution in [2.45, 2.75) is 52.0 Å². The predicted molar refractivity (Wildman–Crippen MR) is 109 cm³/mol. The third-order valence-corrected chi connectivity index (χ3v) is 6.17. The van der Waals surface area contributed by atoms with Crippen molar-refractivity contribution in [3.63, 3.8) is 0 Å². The first kappa shape index (κ1) is 17.9. The maximum Gasteiger partial charge on any atom is 0.260 e. The SMILES string of the molecule is Cc1ccc(-c2c(C)sc3nc(CC(=O)NC4CCCC4)[nH]c(=O)c23)cc1. The number of aromatic amines is 1. The van der Waals surface area contributed by atoms with Gasteiger partial charge in [-0.15, -0.1) is 11.3 Å². The minimum absolute atomic E-state index is 0.0727. The first-order chi connectivity index (χ1) is 13.0. The summed E-state index contributed by atoms with van der Waals surface area (Å²) in [5.41, 5.74) is 2.95. The van der Waals surface area contributed by atoms with Gasteiger partial charge < -0.3 is 10.3 Å². The Morgan fingerprint density at radius 3 is 2.63 bits per heavy atom. The van der Waals surface area contributed by atoms with Gasteiger partial charge in [-0.1, -0.05) is 42.7 Å². The molecule has 6 heteroatoms. The van der Waals surface area contributed by atoms with Crippen LogP contribution in [0.15, 0.2) is 29.1 Å². The van der Waals surface area contributed by atoms with Crippen molar-refractivity contribution in [2.24, 2.45) is 0 Å². The Kier molecular flexibility index (Phi) is 4.83. The van der Waals surface area contributed by atoms with Crippen LogP contribution in [0.25, 0.3) is 21.3 Å². The van der Waals surface area contributed by atoms with Crippen molar-refractivity contribution in [1.29, 1.82) is 0 Å². The van der Waals surface area contributed by atoms with Gasteiger partial charge in [0, 0.05) is 16.5 Å². The van der Waals surface area contributed by atoms with Crippen LogP contribution in [0.1, 0.15) is 41.9 Å². The highest BCUT2D eigenvalue weighted by molar-refractivity contribution is 7.19. The zero-order chi connectivity index (χ0) is 19.0. The Bertz CT molecular complexity index is 1040. The molecule has 140 valence electrons. The topological polar surface area (TPSA) is 74.8 Å². The first-order valence-electron chi connectivity index (χ1n) is 9.40. The van der Waals surface area contributed by atoms with Crippen molar-refractivity contribution < 1.29 is 4.79 Å². The van der Waals surface area contributed by atoms with Gasteiger partial charge in [-0.2, -0.15) is 0 Å². The number of benzene rings is 1. The molecular formula is C21H23N3O2S. The van der Waals surface area contributed by atoms with Crippen molar-refractivity contribution in [2.75, 3.05) is 0 Å². The second-order valence-electron chi connectivity index (χ2n) is 7.32. The number of nitrogens with zero attached hydrogens (tertiary/aromatic N) is 1. The summed E-state index contributed by atoms with van der Waals surface area (Å²) in [7, 11) is 0. The molecule has 0 unspecified atom stereocenters. The van der Waals surface area contributed by atoms with Crippen LogP contribution in [0.4, 0.5) is 0 Å². The van der Waals surface area contributed by atoms with Crippen molar-refractivity contribution in [1.82, 2.24) is 15.3 Å². The molecule has 5 nitrogen and oxygen atoms in total. The third-order valence-electron chi connectivity index (χ3n) is 5.18. The van der Waals surface area contributed by atoms with Gasteiger partial charge in [0.05, 0.1) is 11.8 Å². The van der Waals surface area contributed by atoms with Crippen molar-refractivity contribution >= 4 is 27.5 Å². The number of nitrogens with one attached hydrogen (secondary N) is 2. The molecule has 2 aromatic heterocycles. The molecule has 2 heterocycles. The quantitative estimate of drug-likeness (QED) is 0.720. The molecule has 1 aliphatic rings. The van der Waals surface area contributed by atoms with E-state index in [-0.39, 0.29) is 23.9 Å². The van der Waals surface area contributed by atoms with Crippen LogP contribution in [-0.2, 0) is 11.2 Å². The Morgan fingerprint density at radius 1 is 1.22 bits per heavy atom. The van der Waals surface area contributed by atoms with Crippen LogP contribution in [-0.4, -0.2) is 21.9 Å². The molecule has 1 aliphatic carbocycles. The highest BCUT2D eigenvalue weighted by Gasteiger charge is 2.20. The fourth-order valence-corrected chi connectivity index (χ4v) is 4.88. The fourth-order valence-electron chi connectivity index (χ4n) is 3.82. The standard InChI is InChI=1S/C21H23N3O2S/c1-12-7-9-14(10-8-12)18-13(2)27-21-19(18)20(26)23-16(24-21)11-17(25)22-15-5-3-4-6-15/h7-10,15H,3-6,11H2,1-2H3,(H,22,25)(H,23,24,26). The number of aryl methyl sites for hydroxylation is 2. The van der Waals surface area contributed by atoms with Gasteiger partial charge in [0.2, 0.25) is 5.91 Å². The van der Waals surface area contributed by atoms with Crippen LogP contribution >= 0.6 is 11.3 Å². The molecule has 4 rings (SSSR count). The van der Waals surface area contributed by atoms with Crippen LogP contribution < -0.4 is 10.9 Å². The average molecular weight is 382 g/mol. The van der Waals surface area contributed by atoms with Gasteiger partial charge in [0.1, 0.15) is 10.7 Å². The molecule has 0 radical (unpaired) electrons. The molecule has 1 fully saturated rings. The van der Waals surface area contributed by atoms with E-state index in [4.69, 9.17) is 0 Å². The van der Waals surface area contributed by atoms with E-state index in [0.717, 1.165) is 28.8 Å². The Morgan fingerprint density at radius 2 is 1.93 bits per heavy atom. The zero-order valence-corrected chi connectivity index (χ0v) is 16.4. The Labute approximate surface area is 161 Å². The summed E-state index contributed by atoms with van der Waals surface area (Å²) in [6, 6.07) is 8.42. The zero-order valence-electron chi connectivity index (χ0n) is 15.6. The summed E-state index contributed by atoms with van der Waals surface area (Å²) < 4.78 is 0. The number of thiophene rings is 1. The third kappa shape index (κ3) is 3.67. The van der Waals surface area contributed by atoms with E-state index < -0.39 is 0 Å². The molecule has 0 bridgehead atoms. The van der Waals surface area contributed by atoms with E-state index in [9.17, 15) is 9.59 Å². The number of fused-ring (bicyclic) bond motifs is 1. The van der Waals surface area contributed by atoms with Gasteiger partial charge in [-0.05, 0) is 32.3 Å². The average Bonchev–Trinajstić information content (AvgIpc) is 3.23. The normalized spacial score (nSPS) is 14.7. The predicted octanol–water partition coefficient (Wildman–Crippen LogP) is 3.87. The maximum atomic E-state index is 12.8. The minimum Gasteiger partial charge on any atom is -0.353 e. The molecule has 1 aromatic carbocycles. The number of carbonyl (C=O) groups excluding carboxylic acids is 1. The van der Waals surface area contributed by atoms with E-state index in [1.165, 1.54) is 29.7 Å². The molecule has 2 N–H and O–H groups in total. The van der Waals surface area contributed by atoms with Gasteiger partial charge in [-0.25, -0.2) is 4.98 Å². The molecule has 3 aromatic rings. The van der Waals surface area contributed by atoms with E-state index in [1.807, 2.05) is 38.1 Å². The van der Waals surface area contributed by atoms with Crippen LogP contribution in [0, 0.1) is 13.8 Å². The summed E-state index contributed by atoms with van der Waals surface area (Å²) in [5, 5.41) is 3.66. The van der Waals surface area contributed by atoms with E-state index >= 15 is 0 Å². The van der Waals surface area contributed by atoms with Crippen LogP contribution in [0.2, 0.25) is 0 Å². The highest BCUT2D eigenvalue weighted by atomic mass is 32.1. The minimum atomic E-state index is -0.177. The first-order valence-corrected chi connectivity index (χ1v) is 10.2. The maximum absolute atomic E-state index is 12.8. The number of H-pyrrole nitrogens is 1. The summed E-state index contributed by atoms with van der Waals surface area (Å²) >= 11 is 1.50. The van der Waals surface area contributed by atoms with Gasteiger partial charge >= 0.3 is 0 Å². The van der Waals surface area contributed by atoms with Gasteiger partial charge in [0.25, 0.3) is 5.56 Å². The lowest BCUT2D eigenvalue weighted by molar-refractivity contribution is -0.121. The number of hydrogen-bond donors (Lipinski definition) is 2. The summed E-state index contributed by atoms with van der Waals surface area (Å²) in [6.45, 7) is 4.05. The smallest absolute Gasteiger partial charge is 0.260 e. The van der Waals surface area contributed by atoms with Gasteiger partial charge in [0.15, 0.2) is 0 Å². The lowest BCUT2D eigenvalue weighted by Gasteiger charge is -2.11. The highest BCUT2D eigenvalue weighted by Crippen LogP contribution is 2.35. The molecule has 0 saturated heterocycles. The molecule has 1 saturated carbocycles.